The molecule has 1 saturated carbocycles. The molecule has 1 atom stereocenters. The van der Waals surface area contributed by atoms with Crippen molar-refractivity contribution in [3.05, 3.63) is 0 Å². The first-order chi connectivity index (χ1) is 8.62. The molecule has 2 aliphatic rings. The first kappa shape index (κ1) is 14.3. The summed E-state index contributed by atoms with van der Waals surface area (Å²) in [7, 11) is 2.08. The summed E-state index contributed by atoms with van der Waals surface area (Å²) in [6.45, 7) is 7.43. The van der Waals surface area contributed by atoms with E-state index < -0.39 is 0 Å². The Kier molecular flexibility index (Phi) is 5.08. The monoisotopic (exact) mass is 252 g/mol. The molecule has 106 valence electrons. The molecular weight excluding hydrogens is 220 g/mol. The van der Waals surface area contributed by atoms with Crippen LogP contribution in [0.5, 0.6) is 0 Å². The van der Waals surface area contributed by atoms with Crippen LogP contribution in [0.1, 0.15) is 65.2 Å². The number of hydrogen-bond acceptors (Lipinski definition) is 2. The molecule has 2 heteroatoms. The van der Waals surface area contributed by atoms with Crippen molar-refractivity contribution in [1.82, 2.24) is 10.2 Å². The van der Waals surface area contributed by atoms with Crippen molar-refractivity contribution in [2.45, 2.75) is 77.3 Å². The third kappa shape index (κ3) is 3.71. The van der Waals surface area contributed by atoms with Crippen molar-refractivity contribution in [2.24, 2.45) is 5.41 Å². The Morgan fingerprint density at radius 1 is 1.11 bits per heavy atom. The number of piperidine rings is 1. The fourth-order valence-electron chi connectivity index (χ4n) is 3.84. The van der Waals surface area contributed by atoms with Gasteiger partial charge in [-0.05, 0) is 70.5 Å². The van der Waals surface area contributed by atoms with E-state index in [4.69, 9.17) is 0 Å². The van der Waals surface area contributed by atoms with Gasteiger partial charge in [0, 0.05) is 12.1 Å². The third-order valence-corrected chi connectivity index (χ3v) is 5.18. The van der Waals surface area contributed by atoms with Crippen molar-refractivity contribution in [2.75, 3.05) is 20.1 Å². The van der Waals surface area contributed by atoms with Gasteiger partial charge in [0.15, 0.2) is 0 Å². The predicted molar refractivity (Wildman–Crippen MR) is 78.9 cm³/mol. The maximum atomic E-state index is 3.32. The van der Waals surface area contributed by atoms with E-state index in [1.165, 1.54) is 64.5 Å². The van der Waals surface area contributed by atoms with Crippen molar-refractivity contribution >= 4 is 0 Å². The molecule has 0 aromatic carbocycles. The maximum Gasteiger partial charge on any atom is 0.0110 e. The minimum atomic E-state index is 0.604. The van der Waals surface area contributed by atoms with Gasteiger partial charge in [-0.2, -0.15) is 0 Å². The Hall–Kier alpha value is -0.0800. The van der Waals surface area contributed by atoms with Gasteiger partial charge in [0.1, 0.15) is 0 Å². The summed E-state index contributed by atoms with van der Waals surface area (Å²) in [6.07, 6.45) is 11.4. The molecule has 1 aliphatic carbocycles. The first-order valence-electron chi connectivity index (χ1n) is 8.03. The molecule has 0 bridgehead atoms. The summed E-state index contributed by atoms with van der Waals surface area (Å²) < 4.78 is 0. The van der Waals surface area contributed by atoms with Crippen LogP contribution in [-0.4, -0.2) is 37.1 Å². The quantitative estimate of drug-likeness (QED) is 0.825. The molecule has 1 heterocycles. The minimum absolute atomic E-state index is 0.604. The van der Waals surface area contributed by atoms with Gasteiger partial charge in [0.25, 0.3) is 0 Å². The third-order valence-electron chi connectivity index (χ3n) is 5.18. The van der Waals surface area contributed by atoms with Gasteiger partial charge in [0.2, 0.25) is 0 Å². The molecule has 2 rings (SSSR count). The van der Waals surface area contributed by atoms with E-state index in [0.29, 0.717) is 5.41 Å². The maximum absolute atomic E-state index is 3.32. The summed E-state index contributed by atoms with van der Waals surface area (Å²) in [4.78, 5) is 2.87. The highest BCUT2D eigenvalue weighted by atomic mass is 15.2. The highest BCUT2D eigenvalue weighted by Crippen LogP contribution is 2.38. The molecule has 1 N–H and O–H groups in total. The van der Waals surface area contributed by atoms with Crippen molar-refractivity contribution in [3.8, 4) is 0 Å². The fourth-order valence-corrected chi connectivity index (χ4v) is 3.84. The minimum Gasteiger partial charge on any atom is -0.320 e. The average Bonchev–Trinajstić information content (AvgIpc) is 2.37. The average molecular weight is 252 g/mol. The van der Waals surface area contributed by atoms with Crippen molar-refractivity contribution < 1.29 is 0 Å². The van der Waals surface area contributed by atoms with Crippen LogP contribution in [0.3, 0.4) is 0 Å². The summed E-state index contributed by atoms with van der Waals surface area (Å²) in [5, 5.41) is 3.32. The predicted octanol–water partition coefficient (Wildman–Crippen LogP) is 3.42. The van der Waals surface area contributed by atoms with E-state index in [2.05, 4.69) is 31.1 Å². The number of rotatable bonds is 4. The molecule has 1 unspecified atom stereocenters. The lowest BCUT2D eigenvalue weighted by Gasteiger charge is -2.45. The largest absolute Gasteiger partial charge is 0.320 e. The van der Waals surface area contributed by atoms with Gasteiger partial charge in [-0.1, -0.05) is 20.3 Å². The van der Waals surface area contributed by atoms with Gasteiger partial charge in [0.05, 0.1) is 0 Å². The second-order valence-electron chi connectivity index (χ2n) is 7.18. The first-order valence-corrected chi connectivity index (χ1v) is 8.03. The lowest BCUT2D eigenvalue weighted by Crippen LogP contribution is -2.49. The highest BCUT2D eigenvalue weighted by molar-refractivity contribution is 4.88. The molecule has 0 spiro atoms. The Balaban J connectivity index is 1.88. The molecule has 2 nitrogen and oxygen atoms in total. The van der Waals surface area contributed by atoms with Gasteiger partial charge in [-0.3, -0.25) is 4.90 Å². The topological polar surface area (TPSA) is 15.3 Å². The normalized spacial score (nSPS) is 30.5. The van der Waals surface area contributed by atoms with Crippen molar-refractivity contribution in [1.29, 1.82) is 0 Å². The zero-order valence-electron chi connectivity index (χ0n) is 12.7. The summed E-state index contributed by atoms with van der Waals surface area (Å²) in [6, 6.07) is 1.75. The van der Waals surface area contributed by atoms with E-state index in [0.717, 1.165) is 12.1 Å². The van der Waals surface area contributed by atoms with Gasteiger partial charge in [-0.15, -0.1) is 0 Å². The summed E-state index contributed by atoms with van der Waals surface area (Å²) in [5.41, 5.74) is 0.604. The Morgan fingerprint density at radius 2 is 1.83 bits per heavy atom. The van der Waals surface area contributed by atoms with Crippen LogP contribution >= 0.6 is 0 Å². The molecule has 2 fully saturated rings. The molecular formula is C16H32N2. The van der Waals surface area contributed by atoms with Gasteiger partial charge in [-0.25, -0.2) is 0 Å². The summed E-state index contributed by atoms with van der Waals surface area (Å²) in [5.74, 6) is 0. The summed E-state index contributed by atoms with van der Waals surface area (Å²) >= 11 is 0. The van der Waals surface area contributed by atoms with E-state index in [9.17, 15) is 0 Å². The highest BCUT2D eigenvalue weighted by Gasteiger charge is 2.33. The molecule has 1 saturated heterocycles. The van der Waals surface area contributed by atoms with Gasteiger partial charge >= 0.3 is 0 Å². The Morgan fingerprint density at radius 3 is 2.50 bits per heavy atom. The van der Waals surface area contributed by atoms with Crippen LogP contribution < -0.4 is 5.32 Å². The number of nitrogens with one attached hydrogen (secondary N) is 1. The number of likely N-dealkylation sites (tertiary alicyclic amines) is 1. The van der Waals surface area contributed by atoms with E-state index in [1.54, 1.807) is 0 Å². The second kappa shape index (κ2) is 6.38. The van der Waals surface area contributed by atoms with Crippen LogP contribution in [0.15, 0.2) is 0 Å². The van der Waals surface area contributed by atoms with Gasteiger partial charge < -0.3 is 5.32 Å². The second-order valence-corrected chi connectivity index (χ2v) is 7.18. The number of nitrogens with zero attached hydrogens (tertiary/aromatic N) is 1. The number of hydrogen-bond donors (Lipinski definition) is 1. The van der Waals surface area contributed by atoms with Crippen LogP contribution in [0, 0.1) is 5.41 Å². The molecule has 0 amide bonds. The van der Waals surface area contributed by atoms with E-state index in [1.807, 2.05) is 0 Å². The smallest absolute Gasteiger partial charge is 0.0110 e. The SMILES string of the molecule is CNCCC1CCCCN1C1CCC(C)(C)CC1. The molecule has 0 aromatic heterocycles. The Labute approximate surface area is 114 Å². The van der Waals surface area contributed by atoms with Crippen molar-refractivity contribution in [3.63, 3.8) is 0 Å². The zero-order valence-corrected chi connectivity index (χ0v) is 12.7. The Bertz CT molecular complexity index is 239. The van der Waals surface area contributed by atoms with E-state index >= 15 is 0 Å². The lowest BCUT2D eigenvalue weighted by atomic mass is 9.74. The van der Waals surface area contributed by atoms with Crippen LogP contribution in [0.25, 0.3) is 0 Å². The zero-order chi connectivity index (χ0) is 13.0. The molecule has 0 aromatic rings. The van der Waals surface area contributed by atoms with E-state index in [-0.39, 0.29) is 0 Å². The molecule has 18 heavy (non-hydrogen) atoms. The lowest BCUT2D eigenvalue weighted by molar-refractivity contribution is 0.0448. The molecule has 0 radical (unpaired) electrons. The van der Waals surface area contributed by atoms with Crippen LogP contribution in [0.4, 0.5) is 0 Å². The molecule has 1 aliphatic heterocycles. The standard InChI is InChI=1S/C16H32N2/c1-16(2)10-7-15(8-11-16)18-13-5-4-6-14(18)9-12-17-3/h14-15,17H,4-13H2,1-3H3. The fraction of sp³-hybridized carbons (Fsp3) is 1.00. The van der Waals surface area contributed by atoms with Crippen LogP contribution in [-0.2, 0) is 0 Å². The van der Waals surface area contributed by atoms with Crippen LogP contribution in [0.2, 0.25) is 0 Å².